The first kappa shape index (κ1) is 11.3. The van der Waals surface area contributed by atoms with E-state index in [0.717, 1.165) is 52.4 Å². The van der Waals surface area contributed by atoms with E-state index in [1.807, 2.05) is 0 Å². The Labute approximate surface area is 91.9 Å². The van der Waals surface area contributed by atoms with Gasteiger partial charge in [0.2, 0.25) is 0 Å². The van der Waals surface area contributed by atoms with Crippen molar-refractivity contribution in [3.05, 3.63) is 0 Å². The van der Waals surface area contributed by atoms with Crippen LogP contribution in [0, 0.1) is 0 Å². The summed E-state index contributed by atoms with van der Waals surface area (Å²) in [6, 6.07) is 0.561. The van der Waals surface area contributed by atoms with Crippen LogP contribution in [-0.2, 0) is 9.47 Å². The highest BCUT2D eigenvalue weighted by atomic mass is 16.5. The lowest BCUT2D eigenvalue weighted by Crippen LogP contribution is -2.43. The fourth-order valence-electron chi connectivity index (χ4n) is 2.23. The molecule has 0 saturated carbocycles. The average molecular weight is 214 g/mol. The Morgan fingerprint density at radius 1 is 1.27 bits per heavy atom. The van der Waals surface area contributed by atoms with Gasteiger partial charge < -0.3 is 14.8 Å². The van der Waals surface area contributed by atoms with Gasteiger partial charge in [-0.1, -0.05) is 0 Å². The van der Waals surface area contributed by atoms with Crippen molar-refractivity contribution >= 4 is 0 Å². The molecule has 2 aliphatic heterocycles. The van der Waals surface area contributed by atoms with E-state index in [0.29, 0.717) is 12.1 Å². The van der Waals surface area contributed by atoms with Gasteiger partial charge in [0.25, 0.3) is 0 Å². The van der Waals surface area contributed by atoms with E-state index in [9.17, 15) is 0 Å². The van der Waals surface area contributed by atoms with Gasteiger partial charge in [-0.15, -0.1) is 0 Å². The summed E-state index contributed by atoms with van der Waals surface area (Å²) in [5.74, 6) is 0. The van der Waals surface area contributed by atoms with E-state index in [1.54, 1.807) is 0 Å². The zero-order valence-electron chi connectivity index (χ0n) is 9.58. The molecule has 2 fully saturated rings. The van der Waals surface area contributed by atoms with Crippen molar-refractivity contribution in [2.75, 3.05) is 46.0 Å². The van der Waals surface area contributed by atoms with Crippen LogP contribution in [0.3, 0.4) is 0 Å². The maximum Gasteiger partial charge on any atom is 0.0700 e. The summed E-state index contributed by atoms with van der Waals surface area (Å²) in [6.45, 7) is 9.21. The molecule has 0 aliphatic carbocycles. The smallest absolute Gasteiger partial charge is 0.0700 e. The van der Waals surface area contributed by atoms with Gasteiger partial charge in [0.15, 0.2) is 0 Å². The molecule has 15 heavy (non-hydrogen) atoms. The highest BCUT2D eigenvalue weighted by molar-refractivity contribution is 4.79. The van der Waals surface area contributed by atoms with Crippen molar-refractivity contribution in [3.63, 3.8) is 0 Å². The lowest BCUT2D eigenvalue weighted by Gasteiger charge is -2.27. The van der Waals surface area contributed by atoms with E-state index in [2.05, 4.69) is 17.1 Å². The maximum absolute atomic E-state index is 5.51. The summed E-state index contributed by atoms with van der Waals surface area (Å²) in [7, 11) is 0. The zero-order chi connectivity index (χ0) is 10.5. The van der Waals surface area contributed by atoms with Crippen molar-refractivity contribution in [2.24, 2.45) is 0 Å². The molecule has 4 nitrogen and oxygen atoms in total. The molecule has 0 amide bonds. The minimum absolute atomic E-state index is 0.384. The molecule has 4 heteroatoms. The summed E-state index contributed by atoms with van der Waals surface area (Å²) in [4.78, 5) is 2.46. The Balaban J connectivity index is 1.57. The van der Waals surface area contributed by atoms with Crippen LogP contribution in [0.5, 0.6) is 0 Å². The summed E-state index contributed by atoms with van der Waals surface area (Å²) >= 11 is 0. The van der Waals surface area contributed by atoms with E-state index < -0.39 is 0 Å². The van der Waals surface area contributed by atoms with Crippen LogP contribution in [0.15, 0.2) is 0 Å². The topological polar surface area (TPSA) is 33.7 Å². The first-order chi connectivity index (χ1) is 7.36. The molecule has 0 radical (unpaired) electrons. The standard InChI is InChI=1S/C11H22N2O2/c1-10-11(2-7-15-10)12-3-4-13-5-8-14-9-6-13/h10-12H,2-9H2,1H3. The molecule has 2 rings (SSSR count). The number of nitrogens with zero attached hydrogens (tertiary/aromatic N) is 1. The largest absolute Gasteiger partial charge is 0.379 e. The van der Waals surface area contributed by atoms with Crippen LogP contribution in [-0.4, -0.2) is 63.0 Å². The molecule has 2 saturated heterocycles. The van der Waals surface area contributed by atoms with E-state index in [-0.39, 0.29) is 0 Å². The molecule has 88 valence electrons. The molecule has 2 heterocycles. The molecular formula is C11H22N2O2. The van der Waals surface area contributed by atoms with Gasteiger partial charge in [-0.05, 0) is 13.3 Å². The summed E-state index contributed by atoms with van der Waals surface area (Å²) in [6.07, 6.45) is 1.54. The highest BCUT2D eigenvalue weighted by Gasteiger charge is 2.23. The molecular weight excluding hydrogens is 192 g/mol. The first-order valence-corrected chi connectivity index (χ1v) is 6.01. The van der Waals surface area contributed by atoms with Crippen LogP contribution in [0.1, 0.15) is 13.3 Å². The molecule has 0 bridgehead atoms. The summed E-state index contributed by atoms with van der Waals surface area (Å²) < 4.78 is 10.8. The maximum atomic E-state index is 5.51. The third-order valence-electron chi connectivity index (χ3n) is 3.31. The predicted octanol–water partition coefficient (Wildman–Crippen LogP) is 0.0856. The minimum Gasteiger partial charge on any atom is -0.379 e. The number of ether oxygens (including phenoxy) is 2. The van der Waals surface area contributed by atoms with Crippen LogP contribution >= 0.6 is 0 Å². The second-order valence-electron chi connectivity index (χ2n) is 4.38. The second-order valence-corrected chi connectivity index (χ2v) is 4.38. The highest BCUT2D eigenvalue weighted by Crippen LogP contribution is 2.12. The van der Waals surface area contributed by atoms with E-state index >= 15 is 0 Å². The monoisotopic (exact) mass is 214 g/mol. The molecule has 0 spiro atoms. The Morgan fingerprint density at radius 2 is 2.07 bits per heavy atom. The van der Waals surface area contributed by atoms with E-state index in [1.165, 1.54) is 0 Å². The van der Waals surface area contributed by atoms with Crippen molar-refractivity contribution in [2.45, 2.75) is 25.5 Å². The predicted molar refractivity (Wildman–Crippen MR) is 59.1 cm³/mol. The lowest BCUT2D eigenvalue weighted by atomic mass is 10.1. The SMILES string of the molecule is CC1OCCC1NCCN1CCOCC1. The molecule has 2 aliphatic rings. The van der Waals surface area contributed by atoms with Crippen molar-refractivity contribution in [1.29, 1.82) is 0 Å². The van der Waals surface area contributed by atoms with Gasteiger partial charge in [0.05, 0.1) is 19.3 Å². The third kappa shape index (κ3) is 3.41. The Kier molecular flexibility index (Phi) is 4.38. The quantitative estimate of drug-likeness (QED) is 0.719. The summed E-state index contributed by atoms with van der Waals surface area (Å²) in [5.41, 5.74) is 0. The average Bonchev–Trinajstić information content (AvgIpc) is 2.66. The number of hydrogen-bond acceptors (Lipinski definition) is 4. The fourth-order valence-corrected chi connectivity index (χ4v) is 2.23. The number of morpholine rings is 1. The molecule has 1 N–H and O–H groups in total. The number of hydrogen-bond donors (Lipinski definition) is 1. The van der Waals surface area contributed by atoms with Crippen molar-refractivity contribution in [1.82, 2.24) is 10.2 Å². The fraction of sp³-hybridized carbons (Fsp3) is 1.00. The van der Waals surface area contributed by atoms with E-state index in [4.69, 9.17) is 9.47 Å². The van der Waals surface area contributed by atoms with Crippen LogP contribution < -0.4 is 5.32 Å². The Morgan fingerprint density at radius 3 is 2.73 bits per heavy atom. The van der Waals surface area contributed by atoms with Gasteiger partial charge in [0, 0.05) is 38.8 Å². The summed E-state index contributed by atoms with van der Waals surface area (Å²) in [5, 5.41) is 3.57. The molecule has 2 atom stereocenters. The van der Waals surface area contributed by atoms with Gasteiger partial charge in [0.1, 0.15) is 0 Å². The van der Waals surface area contributed by atoms with Gasteiger partial charge >= 0.3 is 0 Å². The second kappa shape index (κ2) is 5.80. The first-order valence-electron chi connectivity index (χ1n) is 6.01. The molecule has 0 aromatic carbocycles. The van der Waals surface area contributed by atoms with Crippen LogP contribution in [0.4, 0.5) is 0 Å². The molecule has 2 unspecified atom stereocenters. The van der Waals surface area contributed by atoms with Crippen molar-refractivity contribution in [3.8, 4) is 0 Å². The van der Waals surface area contributed by atoms with Gasteiger partial charge in [-0.25, -0.2) is 0 Å². The van der Waals surface area contributed by atoms with Gasteiger partial charge in [-0.3, -0.25) is 4.90 Å². The van der Waals surface area contributed by atoms with Crippen LogP contribution in [0.25, 0.3) is 0 Å². The Hall–Kier alpha value is -0.160. The normalized spacial score (nSPS) is 33.4. The Bertz CT molecular complexity index is 183. The number of nitrogens with one attached hydrogen (secondary N) is 1. The number of rotatable bonds is 4. The van der Waals surface area contributed by atoms with Crippen LogP contribution in [0.2, 0.25) is 0 Å². The zero-order valence-corrected chi connectivity index (χ0v) is 9.58. The third-order valence-corrected chi connectivity index (χ3v) is 3.31. The molecule has 0 aromatic rings. The van der Waals surface area contributed by atoms with Gasteiger partial charge in [-0.2, -0.15) is 0 Å². The molecule has 0 aromatic heterocycles. The lowest BCUT2D eigenvalue weighted by molar-refractivity contribution is 0.0376. The van der Waals surface area contributed by atoms with Crippen molar-refractivity contribution < 1.29 is 9.47 Å². The minimum atomic E-state index is 0.384.